The number of ether oxygens (including phenoxy) is 1. The van der Waals surface area contributed by atoms with E-state index in [1.54, 1.807) is 0 Å². The monoisotopic (exact) mass is 292 g/mol. The molecule has 2 rings (SSSR count). The lowest BCUT2D eigenvalue weighted by Crippen LogP contribution is -2.38. The number of amides is 2. The van der Waals surface area contributed by atoms with Gasteiger partial charge in [-0.05, 0) is 36.0 Å². The van der Waals surface area contributed by atoms with E-state index >= 15 is 0 Å². The van der Waals surface area contributed by atoms with Crippen molar-refractivity contribution in [3.05, 3.63) is 29.3 Å². The molecule has 116 valence electrons. The molecule has 0 aliphatic carbocycles. The summed E-state index contributed by atoms with van der Waals surface area (Å²) >= 11 is 0. The molecular formula is C16H24N2O3. The summed E-state index contributed by atoms with van der Waals surface area (Å²) in [5, 5.41) is 14.5. The van der Waals surface area contributed by atoms with Gasteiger partial charge in [0.1, 0.15) is 5.75 Å². The van der Waals surface area contributed by atoms with E-state index in [2.05, 4.69) is 16.7 Å². The molecule has 0 bridgehead atoms. The number of hydrogen-bond donors (Lipinski definition) is 3. The minimum absolute atomic E-state index is 0.149. The minimum atomic E-state index is -0.149. The van der Waals surface area contributed by atoms with E-state index in [4.69, 9.17) is 9.84 Å². The number of nitrogens with one attached hydrogen (secondary N) is 2. The van der Waals surface area contributed by atoms with Gasteiger partial charge in [0.2, 0.25) is 0 Å². The fourth-order valence-corrected chi connectivity index (χ4v) is 2.37. The minimum Gasteiger partial charge on any atom is -0.493 e. The lowest BCUT2D eigenvalue weighted by Gasteiger charge is -2.12. The highest BCUT2D eigenvalue weighted by molar-refractivity contribution is 5.73. The van der Waals surface area contributed by atoms with Gasteiger partial charge < -0.3 is 20.5 Å². The average Bonchev–Trinajstić information content (AvgIpc) is 2.93. The Morgan fingerprint density at radius 1 is 1.43 bits per heavy atom. The lowest BCUT2D eigenvalue weighted by atomic mass is 10.1. The van der Waals surface area contributed by atoms with Gasteiger partial charge in [0.15, 0.2) is 0 Å². The molecule has 0 saturated carbocycles. The summed E-state index contributed by atoms with van der Waals surface area (Å²) in [6.07, 6.45) is 2.49. The molecule has 0 aromatic heterocycles. The van der Waals surface area contributed by atoms with Gasteiger partial charge in [0.25, 0.3) is 0 Å². The molecule has 1 aromatic rings. The summed E-state index contributed by atoms with van der Waals surface area (Å²) in [4.78, 5) is 11.6. The van der Waals surface area contributed by atoms with Crippen molar-refractivity contribution in [2.24, 2.45) is 5.92 Å². The molecule has 1 unspecified atom stereocenters. The number of aliphatic hydroxyl groups excluding tert-OH is 1. The number of carbonyl (C=O) groups is 1. The highest BCUT2D eigenvalue weighted by Crippen LogP contribution is 2.25. The first-order chi connectivity index (χ1) is 10.2. The summed E-state index contributed by atoms with van der Waals surface area (Å²) in [7, 11) is 0. The van der Waals surface area contributed by atoms with Crippen LogP contribution < -0.4 is 15.4 Å². The van der Waals surface area contributed by atoms with Gasteiger partial charge in [0, 0.05) is 26.1 Å². The Balaban J connectivity index is 1.66. The van der Waals surface area contributed by atoms with Gasteiger partial charge in [-0.3, -0.25) is 0 Å². The SMILES string of the molecule is CC(CCO)CNC(=O)NCCc1ccc2c(c1)CCO2. The number of benzene rings is 1. The van der Waals surface area contributed by atoms with Crippen molar-refractivity contribution >= 4 is 6.03 Å². The Kier molecular flexibility index (Phi) is 5.87. The largest absolute Gasteiger partial charge is 0.493 e. The molecule has 3 N–H and O–H groups in total. The van der Waals surface area contributed by atoms with Crippen molar-refractivity contribution in [1.29, 1.82) is 0 Å². The molecule has 1 aromatic carbocycles. The Morgan fingerprint density at radius 2 is 2.29 bits per heavy atom. The molecule has 0 spiro atoms. The summed E-state index contributed by atoms with van der Waals surface area (Å²) in [6.45, 7) is 4.13. The highest BCUT2D eigenvalue weighted by Gasteiger charge is 2.12. The Labute approximate surface area is 125 Å². The number of rotatable bonds is 7. The average molecular weight is 292 g/mol. The van der Waals surface area contributed by atoms with E-state index in [1.165, 1.54) is 11.1 Å². The van der Waals surface area contributed by atoms with Crippen molar-refractivity contribution in [2.45, 2.75) is 26.2 Å². The van der Waals surface area contributed by atoms with Crippen molar-refractivity contribution < 1.29 is 14.6 Å². The van der Waals surface area contributed by atoms with Crippen LogP contribution in [-0.2, 0) is 12.8 Å². The molecule has 2 amide bonds. The van der Waals surface area contributed by atoms with Crippen LogP contribution in [0, 0.1) is 5.92 Å². The van der Waals surface area contributed by atoms with Crippen molar-refractivity contribution in [1.82, 2.24) is 10.6 Å². The van der Waals surface area contributed by atoms with E-state index in [-0.39, 0.29) is 18.6 Å². The highest BCUT2D eigenvalue weighted by atomic mass is 16.5. The zero-order chi connectivity index (χ0) is 15.1. The summed E-state index contributed by atoms with van der Waals surface area (Å²) in [6, 6.07) is 6.07. The predicted octanol–water partition coefficient (Wildman–Crippen LogP) is 1.48. The van der Waals surface area contributed by atoms with E-state index in [1.807, 2.05) is 19.1 Å². The first-order valence-electron chi connectivity index (χ1n) is 7.56. The number of fused-ring (bicyclic) bond motifs is 1. The second-order valence-corrected chi connectivity index (χ2v) is 5.54. The van der Waals surface area contributed by atoms with Gasteiger partial charge in [-0.1, -0.05) is 19.1 Å². The smallest absolute Gasteiger partial charge is 0.314 e. The van der Waals surface area contributed by atoms with Crippen LogP contribution in [0.1, 0.15) is 24.5 Å². The van der Waals surface area contributed by atoms with E-state index < -0.39 is 0 Å². The molecule has 5 nitrogen and oxygen atoms in total. The molecule has 1 aliphatic rings. The van der Waals surface area contributed by atoms with Gasteiger partial charge in [-0.25, -0.2) is 4.79 Å². The van der Waals surface area contributed by atoms with Crippen LogP contribution >= 0.6 is 0 Å². The fourth-order valence-electron chi connectivity index (χ4n) is 2.37. The zero-order valence-corrected chi connectivity index (χ0v) is 12.5. The lowest BCUT2D eigenvalue weighted by molar-refractivity contribution is 0.234. The van der Waals surface area contributed by atoms with Crippen LogP contribution in [0.15, 0.2) is 18.2 Å². The van der Waals surface area contributed by atoms with E-state index in [9.17, 15) is 4.79 Å². The molecule has 0 fully saturated rings. The van der Waals surface area contributed by atoms with Crippen LogP contribution in [0.2, 0.25) is 0 Å². The Hall–Kier alpha value is -1.75. The molecule has 5 heteroatoms. The zero-order valence-electron chi connectivity index (χ0n) is 12.5. The van der Waals surface area contributed by atoms with Crippen LogP contribution in [0.5, 0.6) is 5.75 Å². The summed E-state index contributed by atoms with van der Waals surface area (Å²) in [5.41, 5.74) is 2.47. The van der Waals surface area contributed by atoms with E-state index in [0.29, 0.717) is 19.5 Å². The first kappa shape index (κ1) is 15.6. The molecular weight excluding hydrogens is 268 g/mol. The number of hydrogen-bond acceptors (Lipinski definition) is 3. The Bertz CT molecular complexity index is 477. The summed E-state index contributed by atoms with van der Waals surface area (Å²) in [5.74, 6) is 1.28. The van der Waals surface area contributed by atoms with E-state index in [0.717, 1.165) is 25.2 Å². The van der Waals surface area contributed by atoms with Crippen LogP contribution in [0.3, 0.4) is 0 Å². The van der Waals surface area contributed by atoms with Crippen molar-refractivity contribution in [3.8, 4) is 5.75 Å². The third-order valence-electron chi connectivity index (χ3n) is 3.69. The molecule has 1 aliphatic heterocycles. The summed E-state index contributed by atoms with van der Waals surface area (Å²) < 4.78 is 5.47. The van der Waals surface area contributed by atoms with Crippen LogP contribution in [0.4, 0.5) is 4.79 Å². The van der Waals surface area contributed by atoms with Crippen LogP contribution in [0.25, 0.3) is 0 Å². The maximum atomic E-state index is 11.6. The quantitative estimate of drug-likeness (QED) is 0.713. The molecule has 1 heterocycles. The number of carbonyl (C=O) groups excluding carboxylic acids is 1. The normalized spacial score (nSPS) is 14.2. The van der Waals surface area contributed by atoms with Gasteiger partial charge in [-0.15, -0.1) is 0 Å². The third-order valence-corrected chi connectivity index (χ3v) is 3.69. The fraction of sp³-hybridized carbons (Fsp3) is 0.562. The van der Waals surface area contributed by atoms with Crippen molar-refractivity contribution in [3.63, 3.8) is 0 Å². The maximum absolute atomic E-state index is 11.6. The van der Waals surface area contributed by atoms with Gasteiger partial charge in [-0.2, -0.15) is 0 Å². The topological polar surface area (TPSA) is 70.6 Å². The third kappa shape index (κ3) is 4.93. The number of aliphatic hydroxyl groups is 1. The number of urea groups is 1. The van der Waals surface area contributed by atoms with Gasteiger partial charge >= 0.3 is 6.03 Å². The standard InChI is InChI=1S/C16H24N2O3/c1-12(5-8-19)11-18-16(20)17-7-4-13-2-3-15-14(10-13)6-9-21-15/h2-3,10,12,19H,4-9,11H2,1H3,(H2,17,18,20). The van der Waals surface area contributed by atoms with Gasteiger partial charge in [0.05, 0.1) is 6.61 Å². The molecule has 0 radical (unpaired) electrons. The predicted molar refractivity (Wildman–Crippen MR) is 81.6 cm³/mol. The maximum Gasteiger partial charge on any atom is 0.314 e. The Morgan fingerprint density at radius 3 is 3.10 bits per heavy atom. The second-order valence-electron chi connectivity index (χ2n) is 5.54. The second kappa shape index (κ2) is 7.88. The first-order valence-corrected chi connectivity index (χ1v) is 7.56. The molecule has 21 heavy (non-hydrogen) atoms. The molecule has 0 saturated heterocycles. The van der Waals surface area contributed by atoms with Crippen LogP contribution in [-0.4, -0.2) is 37.4 Å². The van der Waals surface area contributed by atoms with Crippen molar-refractivity contribution in [2.75, 3.05) is 26.3 Å². The molecule has 1 atom stereocenters.